The van der Waals surface area contributed by atoms with Gasteiger partial charge in [0.25, 0.3) is 5.91 Å². The van der Waals surface area contributed by atoms with E-state index < -0.39 is 0 Å². The number of methoxy groups -OCH3 is 1. The van der Waals surface area contributed by atoms with Gasteiger partial charge < -0.3 is 15.4 Å². The van der Waals surface area contributed by atoms with Crippen molar-refractivity contribution < 1.29 is 14.3 Å². The number of benzene rings is 2. The van der Waals surface area contributed by atoms with Crippen LogP contribution in [0.15, 0.2) is 72.0 Å². The Morgan fingerprint density at radius 3 is 2.56 bits per heavy atom. The van der Waals surface area contributed by atoms with Crippen molar-refractivity contribution in [3.8, 4) is 5.75 Å². The molecule has 0 saturated carbocycles. The number of hydrogen-bond donors (Lipinski definition) is 3. The van der Waals surface area contributed by atoms with Crippen LogP contribution in [0.4, 0.5) is 11.4 Å². The number of aryl methyl sites for hydroxylation is 1. The van der Waals surface area contributed by atoms with Gasteiger partial charge in [-0.1, -0.05) is 24.3 Å². The van der Waals surface area contributed by atoms with Gasteiger partial charge in [0.05, 0.1) is 19.3 Å². The van der Waals surface area contributed by atoms with Crippen LogP contribution in [0, 0.1) is 6.92 Å². The third-order valence-electron chi connectivity index (χ3n) is 4.54. The molecule has 0 unspecified atom stereocenters. The molecule has 0 aliphatic carbocycles. The Hall–Kier alpha value is -4.20. The summed E-state index contributed by atoms with van der Waals surface area (Å²) in [5, 5.41) is 8.68. The van der Waals surface area contributed by atoms with Crippen molar-refractivity contribution >= 4 is 29.1 Å². The number of hydrogen-bond acceptors (Lipinski definition) is 5. The summed E-state index contributed by atoms with van der Waals surface area (Å²) >= 11 is 0. The molecule has 2 aromatic carbocycles. The van der Waals surface area contributed by atoms with Crippen molar-refractivity contribution in [2.75, 3.05) is 17.7 Å². The fourth-order valence-electron chi connectivity index (χ4n) is 2.92. The zero-order valence-electron chi connectivity index (χ0n) is 18.2. The lowest BCUT2D eigenvalue weighted by Crippen LogP contribution is -2.36. The number of guanidine groups is 1. The van der Waals surface area contributed by atoms with Gasteiger partial charge >= 0.3 is 0 Å². The van der Waals surface area contributed by atoms with Crippen LogP contribution in [0.1, 0.15) is 28.4 Å². The molecule has 0 saturated heterocycles. The molecule has 3 N–H and O–H groups in total. The molecule has 0 fully saturated rings. The standard InChI is InChI=1S/C24H25N5O3/c1-16-10-11-19(13-21(16)27-17(2)30)23(31)29-24(26-15-18-7-6-12-25-14-18)28-20-8-4-5-9-22(20)32-3/h4-14H,15H2,1-3H3,(H,27,30)(H2,26,28,29,31). The molecule has 0 aliphatic heterocycles. The summed E-state index contributed by atoms with van der Waals surface area (Å²) in [4.78, 5) is 33.0. The second-order valence-corrected chi connectivity index (χ2v) is 7.02. The van der Waals surface area contributed by atoms with Crippen LogP contribution < -0.4 is 20.7 Å². The fraction of sp³-hybridized carbons (Fsp3) is 0.167. The maximum atomic E-state index is 13.0. The minimum atomic E-state index is -0.371. The number of anilines is 2. The largest absolute Gasteiger partial charge is 0.495 e. The quantitative estimate of drug-likeness (QED) is 0.407. The van der Waals surface area contributed by atoms with Crippen molar-refractivity contribution in [1.29, 1.82) is 0 Å². The summed E-state index contributed by atoms with van der Waals surface area (Å²) < 4.78 is 5.38. The smallest absolute Gasteiger partial charge is 0.258 e. The Morgan fingerprint density at radius 2 is 1.84 bits per heavy atom. The van der Waals surface area contributed by atoms with Crippen LogP contribution in [-0.2, 0) is 11.3 Å². The monoisotopic (exact) mass is 431 g/mol. The number of aliphatic imine (C=N–C) groups is 1. The summed E-state index contributed by atoms with van der Waals surface area (Å²) in [6, 6.07) is 16.2. The van der Waals surface area contributed by atoms with Crippen LogP contribution in [0.2, 0.25) is 0 Å². The molecule has 0 bridgehead atoms. The van der Waals surface area contributed by atoms with Crippen LogP contribution in [0.5, 0.6) is 5.75 Å². The van der Waals surface area contributed by atoms with E-state index in [1.165, 1.54) is 6.92 Å². The van der Waals surface area contributed by atoms with Crippen LogP contribution in [0.25, 0.3) is 0 Å². The molecule has 0 atom stereocenters. The highest BCUT2D eigenvalue weighted by Gasteiger charge is 2.13. The zero-order chi connectivity index (χ0) is 22.9. The van der Waals surface area contributed by atoms with Crippen LogP contribution >= 0.6 is 0 Å². The number of carbonyl (C=O) groups is 2. The number of nitrogens with zero attached hydrogens (tertiary/aromatic N) is 2. The first kappa shape index (κ1) is 22.5. The Labute approximate surface area is 186 Å². The fourth-order valence-corrected chi connectivity index (χ4v) is 2.92. The van der Waals surface area contributed by atoms with Crippen molar-refractivity contribution in [3.63, 3.8) is 0 Å². The lowest BCUT2D eigenvalue weighted by molar-refractivity contribution is -0.114. The molecule has 0 spiro atoms. The van der Waals surface area contributed by atoms with E-state index in [4.69, 9.17) is 4.74 Å². The summed E-state index contributed by atoms with van der Waals surface area (Å²) in [5.74, 6) is 0.287. The average Bonchev–Trinajstić information content (AvgIpc) is 2.79. The first-order chi connectivity index (χ1) is 15.5. The summed E-state index contributed by atoms with van der Waals surface area (Å²) in [6.45, 7) is 3.60. The number of rotatable bonds is 6. The first-order valence-electron chi connectivity index (χ1n) is 9.99. The van der Waals surface area contributed by atoms with Gasteiger partial charge in [-0.05, 0) is 48.4 Å². The maximum Gasteiger partial charge on any atom is 0.258 e. The predicted molar refractivity (Wildman–Crippen MR) is 125 cm³/mol. The van der Waals surface area contributed by atoms with Crippen molar-refractivity contribution in [1.82, 2.24) is 10.3 Å². The summed E-state index contributed by atoms with van der Waals surface area (Å²) in [7, 11) is 1.57. The Bertz CT molecular complexity index is 1130. The Balaban J connectivity index is 1.86. The Morgan fingerprint density at radius 1 is 1.03 bits per heavy atom. The van der Waals surface area contributed by atoms with Gasteiger partial charge in [-0.2, -0.15) is 0 Å². The number of para-hydroxylation sites is 2. The second kappa shape index (κ2) is 10.7. The van der Waals surface area contributed by atoms with E-state index in [0.717, 1.165) is 11.1 Å². The molecule has 1 aromatic heterocycles. The SMILES string of the molecule is COc1ccccc1NC(=NCc1cccnc1)NC(=O)c1ccc(C)c(NC(C)=O)c1. The van der Waals surface area contributed by atoms with E-state index >= 15 is 0 Å². The van der Waals surface area contributed by atoms with Gasteiger partial charge in [0.15, 0.2) is 0 Å². The number of ether oxygens (including phenoxy) is 1. The molecule has 2 amide bonds. The second-order valence-electron chi connectivity index (χ2n) is 7.02. The van der Waals surface area contributed by atoms with E-state index in [1.54, 1.807) is 37.7 Å². The average molecular weight is 431 g/mol. The van der Waals surface area contributed by atoms with Gasteiger partial charge in [-0.15, -0.1) is 0 Å². The minimum Gasteiger partial charge on any atom is -0.495 e. The molecular weight excluding hydrogens is 406 g/mol. The molecule has 1 heterocycles. The predicted octanol–water partition coefficient (Wildman–Crippen LogP) is 3.76. The third kappa shape index (κ3) is 6.15. The van der Waals surface area contributed by atoms with E-state index in [1.807, 2.05) is 43.3 Å². The number of aromatic nitrogens is 1. The highest BCUT2D eigenvalue weighted by molar-refractivity contribution is 6.10. The molecular formula is C24H25N5O3. The first-order valence-corrected chi connectivity index (χ1v) is 9.99. The van der Waals surface area contributed by atoms with Crippen molar-refractivity contribution in [3.05, 3.63) is 83.7 Å². The molecule has 0 aliphatic rings. The van der Waals surface area contributed by atoms with Gasteiger partial charge in [0.1, 0.15) is 5.75 Å². The number of carbonyl (C=O) groups excluding carboxylic acids is 2. The van der Waals surface area contributed by atoms with E-state index in [9.17, 15) is 9.59 Å². The summed E-state index contributed by atoms with van der Waals surface area (Å²) in [5.41, 5.74) is 3.37. The topological polar surface area (TPSA) is 105 Å². The highest BCUT2D eigenvalue weighted by Crippen LogP contribution is 2.23. The van der Waals surface area contributed by atoms with Gasteiger partial charge in [0.2, 0.25) is 11.9 Å². The van der Waals surface area contributed by atoms with E-state index in [2.05, 4.69) is 25.9 Å². The maximum absolute atomic E-state index is 13.0. The molecule has 0 radical (unpaired) electrons. The van der Waals surface area contributed by atoms with Gasteiger partial charge in [-0.3, -0.25) is 19.9 Å². The van der Waals surface area contributed by atoms with Gasteiger partial charge in [0, 0.05) is 30.6 Å². The molecule has 8 heteroatoms. The van der Waals surface area contributed by atoms with Crippen LogP contribution in [0.3, 0.4) is 0 Å². The number of nitrogens with one attached hydrogen (secondary N) is 3. The highest BCUT2D eigenvalue weighted by atomic mass is 16.5. The van der Waals surface area contributed by atoms with E-state index in [0.29, 0.717) is 29.2 Å². The third-order valence-corrected chi connectivity index (χ3v) is 4.54. The molecule has 32 heavy (non-hydrogen) atoms. The number of amides is 2. The normalized spacial score (nSPS) is 10.9. The van der Waals surface area contributed by atoms with Gasteiger partial charge in [-0.25, -0.2) is 4.99 Å². The Kier molecular flexibility index (Phi) is 7.53. The molecule has 3 aromatic rings. The van der Waals surface area contributed by atoms with E-state index in [-0.39, 0.29) is 17.8 Å². The van der Waals surface area contributed by atoms with Crippen LogP contribution in [-0.4, -0.2) is 29.9 Å². The minimum absolute atomic E-state index is 0.206. The summed E-state index contributed by atoms with van der Waals surface area (Å²) in [6.07, 6.45) is 3.40. The van der Waals surface area contributed by atoms with Crippen molar-refractivity contribution in [2.24, 2.45) is 4.99 Å². The van der Waals surface area contributed by atoms with Crippen molar-refractivity contribution in [2.45, 2.75) is 20.4 Å². The lowest BCUT2D eigenvalue weighted by Gasteiger charge is -2.15. The molecule has 3 rings (SSSR count). The lowest BCUT2D eigenvalue weighted by atomic mass is 10.1. The molecule has 164 valence electrons. The number of pyridine rings is 1. The zero-order valence-corrected chi connectivity index (χ0v) is 18.2. The molecule has 8 nitrogen and oxygen atoms in total.